The molecule has 0 radical (unpaired) electrons. The zero-order valence-electron chi connectivity index (χ0n) is 13.9. The van der Waals surface area contributed by atoms with Gasteiger partial charge in [0, 0.05) is 26.0 Å². The highest BCUT2D eigenvalue weighted by Crippen LogP contribution is 2.20. The molecule has 1 heterocycles. The van der Waals surface area contributed by atoms with E-state index in [1.807, 2.05) is 0 Å². The quantitative estimate of drug-likeness (QED) is 0.429. The molecule has 0 aromatic carbocycles. The lowest BCUT2D eigenvalue weighted by Gasteiger charge is -2.24. The molecule has 1 aliphatic heterocycles. The molecular formula is C16H31NO6. The van der Waals surface area contributed by atoms with E-state index < -0.39 is 24.6 Å². The maximum absolute atomic E-state index is 11.5. The molecule has 0 aliphatic carbocycles. The summed E-state index contributed by atoms with van der Waals surface area (Å²) in [6, 6.07) is 0. The number of ether oxygens (including phenoxy) is 2. The normalized spacial score (nSPS) is 28.3. The van der Waals surface area contributed by atoms with Gasteiger partial charge in [-0.3, -0.25) is 4.79 Å². The SMILES string of the molecule is CCCCNC(=O)CCCCOC1CCC(O)C(O)C(CO)O1. The Hall–Kier alpha value is -0.730. The van der Waals surface area contributed by atoms with Gasteiger partial charge in [0.25, 0.3) is 0 Å². The van der Waals surface area contributed by atoms with Crippen molar-refractivity contribution in [2.24, 2.45) is 0 Å². The molecule has 1 aliphatic rings. The monoisotopic (exact) mass is 333 g/mol. The maximum atomic E-state index is 11.5. The molecule has 1 rings (SSSR count). The maximum Gasteiger partial charge on any atom is 0.219 e. The fraction of sp³-hybridized carbons (Fsp3) is 0.938. The van der Waals surface area contributed by atoms with Crippen LogP contribution in [0.15, 0.2) is 0 Å². The van der Waals surface area contributed by atoms with E-state index in [2.05, 4.69) is 12.2 Å². The lowest BCUT2D eigenvalue weighted by molar-refractivity contribution is -0.196. The van der Waals surface area contributed by atoms with Gasteiger partial charge in [-0.2, -0.15) is 0 Å². The first-order chi connectivity index (χ1) is 11.1. The van der Waals surface area contributed by atoms with Crippen LogP contribution in [0.4, 0.5) is 0 Å². The predicted octanol–water partition coefficient (Wildman–Crippen LogP) is 0.309. The highest BCUT2D eigenvalue weighted by atomic mass is 16.7. The van der Waals surface area contributed by atoms with Crippen molar-refractivity contribution in [2.45, 2.75) is 76.5 Å². The van der Waals surface area contributed by atoms with Crippen LogP contribution < -0.4 is 5.32 Å². The number of hydrogen-bond donors (Lipinski definition) is 4. The fourth-order valence-corrected chi connectivity index (χ4v) is 2.44. The minimum atomic E-state index is -1.10. The Kier molecular flexibility index (Phi) is 10.4. The van der Waals surface area contributed by atoms with Crippen molar-refractivity contribution in [1.82, 2.24) is 5.32 Å². The molecule has 0 aromatic rings. The molecule has 0 spiro atoms. The molecule has 0 saturated carbocycles. The molecule has 7 nitrogen and oxygen atoms in total. The Balaban J connectivity index is 2.14. The Labute approximate surface area is 138 Å². The van der Waals surface area contributed by atoms with Gasteiger partial charge in [0.05, 0.1) is 12.7 Å². The lowest BCUT2D eigenvalue weighted by atomic mass is 10.1. The zero-order valence-corrected chi connectivity index (χ0v) is 13.9. The van der Waals surface area contributed by atoms with Gasteiger partial charge in [0.1, 0.15) is 12.2 Å². The number of rotatable bonds is 10. The standard InChI is InChI=1S/C16H31NO6/c1-2-3-9-17-14(20)6-4-5-10-22-15-8-7-12(19)16(21)13(11-18)23-15/h12-13,15-16,18-19,21H,2-11H2,1H3,(H,17,20). The van der Waals surface area contributed by atoms with E-state index in [9.17, 15) is 20.1 Å². The summed E-state index contributed by atoms with van der Waals surface area (Å²) in [6.45, 7) is 2.89. The summed E-state index contributed by atoms with van der Waals surface area (Å²) in [5.74, 6) is 0.0655. The second-order valence-corrected chi connectivity index (χ2v) is 5.95. The van der Waals surface area contributed by atoms with Crippen molar-refractivity contribution in [3.63, 3.8) is 0 Å². The van der Waals surface area contributed by atoms with Gasteiger partial charge in [-0.05, 0) is 25.7 Å². The van der Waals surface area contributed by atoms with Crippen molar-refractivity contribution >= 4 is 5.91 Å². The summed E-state index contributed by atoms with van der Waals surface area (Å²) >= 11 is 0. The van der Waals surface area contributed by atoms with Crippen LogP contribution in [0.25, 0.3) is 0 Å². The van der Waals surface area contributed by atoms with E-state index in [4.69, 9.17) is 9.47 Å². The molecule has 1 fully saturated rings. The third-order valence-electron chi connectivity index (χ3n) is 3.93. The number of nitrogens with one attached hydrogen (secondary N) is 1. The molecule has 23 heavy (non-hydrogen) atoms. The molecule has 136 valence electrons. The molecule has 1 saturated heterocycles. The molecule has 1 amide bonds. The summed E-state index contributed by atoms with van der Waals surface area (Å²) in [7, 11) is 0. The van der Waals surface area contributed by atoms with Crippen LogP contribution in [0.5, 0.6) is 0 Å². The second-order valence-electron chi connectivity index (χ2n) is 5.95. The van der Waals surface area contributed by atoms with Crippen molar-refractivity contribution in [3.05, 3.63) is 0 Å². The number of hydrogen-bond acceptors (Lipinski definition) is 6. The third kappa shape index (κ3) is 8.08. The van der Waals surface area contributed by atoms with Gasteiger partial charge in [0.15, 0.2) is 6.29 Å². The first kappa shape index (κ1) is 20.3. The summed E-state index contributed by atoms with van der Waals surface area (Å²) < 4.78 is 11.1. The van der Waals surface area contributed by atoms with Crippen molar-refractivity contribution < 1.29 is 29.6 Å². The third-order valence-corrected chi connectivity index (χ3v) is 3.93. The van der Waals surface area contributed by atoms with Gasteiger partial charge >= 0.3 is 0 Å². The van der Waals surface area contributed by atoms with Gasteiger partial charge in [-0.1, -0.05) is 13.3 Å². The van der Waals surface area contributed by atoms with Gasteiger partial charge in [-0.15, -0.1) is 0 Å². The van der Waals surface area contributed by atoms with Crippen molar-refractivity contribution in [1.29, 1.82) is 0 Å². The average molecular weight is 333 g/mol. The Morgan fingerprint density at radius 1 is 1.26 bits per heavy atom. The van der Waals surface area contributed by atoms with E-state index in [1.54, 1.807) is 0 Å². The summed E-state index contributed by atoms with van der Waals surface area (Å²) in [5.41, 5.74) is 0. The molecule has 4 atom stereocenters. The lowest BCUT2D eigenvalue weighted by Crippen LogP contribution is -2.40. The molecule has 0 aromatic heterocycles. The Bertz CT molecular complexity index is 328. The van der Waals surface area contributed by atoms with Gasteiger partial charge in [-0.25, -0.2) is 0 Å². The summed E-state index contributed by atoms with van der Waals surface area (Å²) in [4.78, 5) is 11.5. The molecule has 4 unspecified atom stereocenters. The molecule has 4 N–H and O–H groups in total. The number of carbonyl (C=O) groups excluding carboxylic acids is 1. The Morgan fingerprint density at radius 2 is 2.04 bits per heavy atom. The first-order valence-corrected chi connectivity index (χ1v) is 8.59. The van der Waals surface area contributed by atoms with E-state index in [1.165, 1.54) is 0 Å². The predicted molar refractivity (Wildman–Crippen MR) is 84.7 cm³/mol. The zero-order chi connectivity index (χ0) is 17.1. The van der Waals surface area contributed by atoms with Crippen LogP contribution in [0.3, 0.4) is 0 Å². The van der Waals surface area contributed by atoms with Crippen LogP contribution in [0, 0.1) is 0 Å². The van der Waals surface area contributed by atoms with E-state index in [0.717, 1.165) is 32.2 Å². The average Bonchev–Trinajstić information content (AvgIpc) is 2.68. The van der Waals surface area contributed by atoms with Crippen LogP contribution in [0.2, 0.25) is 0 Å². The summed E-state index contributed by atoms with van der Waals surface area (Å²) in [5, 5.41) is 31.5. The topological polar surface area (TPSA) is 108 Å². The number of amides is 1. The smallest absolute Gasteiger partial charge is 0.219 e. The van der Waals surface area contributed by atoms with Crippen LogP contribution >= 0.6 is 0 Å². The van der Waals surface area contributed by atoms with Crippen LogP contribution in [-0.2, 0) is 14.3 Å². The first-order valence-electron chi connectivity index (χ1n) is 8.59. The number of aliphatic hydroxyl groups excluding tert-OH is 3. The highest BCUT2D eigenvalue weighted by molar-refractivity contribution is 5.75. The van der Waals surface area contributed by atoms with Gasteiger partial charge < -0.3 is 30.1 Å². The van der Waals surface area contributed by atoms with E-state index >= 15 is 0 Å². The number of aliphatic hydroxyl groups is 3. The second kappa shape index (κ2) is 11.8. The Morgan fingerprint density at radius 3 is 2.74 bits per heavy atom. The molecule has 7 heteroatoms. The highest BCUT2D eigenvalue weighted by Gasteiger charge is 2.33. The fourth-order valence-electron chi connectivity index (χ4n) is 2.44. The van der Waals surface area contributed by atoms with E-state index in [0.29, 0.717) is 25.9 Å². The molecule has 0 bridgehead atoms. The minimum absolute atomic E-state index is 0.0655. The molecular weight excluding hydrogens is 302 g/mol. The minimum Gasteiger partial charge on any atom is -0.394 e. The van der Waals surface area contributed by atoms with Crippen LogP contribution in [-0.4, -0.2) is 65.6 Å². The van der Waals surface area contributed by atoms with Gasteiger partial charge in [0.2, 0.25) is 5.91 Å². The van der Waals surface area contributed by atoms with Crippen molar-refractivity contribution in [2.75, 3.05) is 19.8 Å². The summed E-state index contributed by atoms with van der Waals surface area (Å²) in [6.07, 6.45) is 1.46. The number of unbranched alkanes of at least 4 members (excludes halogenated alkanes) is 2. The van der Waals surface area contributed by atoms with Crippen molar-refractivity contribution in [3.8, 4) is 0 Å². The largest absolute Gasteiger partial charge is 0.394 e. The van der Waals surface area contributed by atoms with E-state index in [-0.39, 0.29) is 12.5 Å². The van der Waals surface area contributed by atoms with Crippen LogP contribution in [0.1, 0.15) is 51.9 Å². The number of carbonyl (C=O) groups is 1.